The molecule has 0 amide bonds. The smallest absolute Gasteiger partial charge is 0.337 e. The van der Waals surface area contributed by atoms with Crippen molar-refractivity contribution in [3.05, 3.63) is 70.3 Å². The molecule has 0 spiro atoms. The third kappa shape index (κ3) is 3.09. The fraction of sp³-hybridized carbons (Fsp3) is 0.118. The van der Waals surface area contributed by atoms with E-state index in [4.69, 9.17) is 21.1 Å². The lowest BCUT2D eigenvalue weighted by atomic mass is 10.1. The fourth-order valence-electron chi connectivity index (χ4n) is 2.09. The molecule has 3 rings (SSSR count). The lowest BCUT2D eigenvalue weighted by Crippen LogP contribution is -2.17. The van der Waals surface area contributed by atoms with Crippen LogP contribution < -0.4 is 4.74 Å². The highest BCUT2D eigenvalue weighted by atomic mass is 35.5. The summed E-state index contributed by atoms with van der Waals surface area (Å²) in [4.78, 5) is 12.1. The second kappa shape index (κ2) is 6.02. The summed E-state index contributed by atoms with van der Waals surface area (Å²) in [6.07, 6.45) is 1.80. The predicted molar refractivity (Wildman–Crippen MR) is 81.2 cm³/mol. The van der Waals surface area contributed by atoms with E-state index in [1.807, 2.05) is 42.5 Å². The van der Waals surface area contributed by atoms with Gasteiger partial charge >= 0.3 is 5.97 Å². The Morgan fingerprint density at radius 3 is 2.76 bits per heavy atom. The molecule has 2 aromatic carbocycles. The summed E-state index contributed by atoms with van der Waals surface area (Å²) in [6.45, 7) is 0.371. The number of para-hydroxylation sites is 1. The van der Waals surface area contributed by atoms with Crippen molar-refractivity contribution in [1.82, 2.24) is 0 Å². The summed E-state index contributed by atoms with van der Waals surface area (Å²) in [5, 5.41) is 0.588. The van der Waals surface area contributed by atoms with Crippen molar-refractivity contribution in [2.24, 2.45) is 0 Å². The molecule has 4 heteroatoms. The van der Waals surface area contributed by atoms with Crippen molar-refractivity contribution in [2.75, 3.05) is 6.61 Å². The first kappa shape index (κ1) is 13.7. The Hall–Kier alpha value is -2.26. The van der Waals surface area contributed by atoms with E-state index < -0.39 is 0 Å². The van der Waals surface area contributed by atoms with Gasteiger partial charge in [-0.2, -0.15) is 0 Å². The number of halogens is 1. The van der Waals surface area contributed by atoms with Crippen LogP contribution in [-0.4, -0.2) is 12.6 Å². The average Bonchev–Trinajstić information content (AvgIpc) is 2.53. The lowest BCUT2D eigenvalue weighted by Gasteiger charge is -2.17. The molecule has 0 saturated carbocycles. The summed E-state index contributed by atoms with van der Waals surface area (Å²) in [7, 11) is 0. The van der Waals surface area contributed by atoms with Crippen LogP contribution in [0.2, 0.25) is 5.02 Å². The highest BCUT2D eigenvalue weighted by Gasteiger charge is 2.18. The van der Waals surface area contributed by atoms with Crippen LogP contribution in [0.1, 0.15) is 11.1 Å². The molecular weight excluding hydrogens is 288 g/mol. The first-order chi connectivity index (χ1) is 10.2. The molecule has 2 aromatic rings. The Bertz CT molecular complexity index is 707. The minimum atomic E-state index is -0.385. The van der Waals surface area contributed by atoms with Gasteiger partial charge in [-0.15, -0.1) is 0 Å². The zero-order chi connectivity index (χ0) is 14.7. The molecule has 0 bridgehead atoms. The van der Waals surface area contributed by atoms with Gasteiger partial charge in [-0.05, 0) is 18.2 Å². The number of benzene rings is 2. The van der Waals surface area contributed by atoms with Gasteiger partial charge in [-0.3, -0.25) is 0 Å². The van der Waals surface area contributed by atoms with Gasteiger partial charge in [0.1, 0.15) is 19.0 Å². The van der Waals surface area contributed by atoms with Crippen molar-refractivity contribution in [1.29, 1.82) is 0 Å². The van der Waals surface area contributed by atoms with E-state index >= 15 is 0 Å². The van der Waals surface area contributed by atoms with E-state index in [1.54, 1.807) is 12.1 Å². The number of fused-ring (bicyclic) bond motifs is 1. The van der Waals surface area contributed by atoms with Crippen molar-refractivity contribution < 1.29 is 14.3 Å². The number of carbonyl (C=O) groups is 1. The molecule has 0 aliphatic carbocycles. The largest absolute Gasteiger partial charge is 0.488 e. The molecular formula is C17H13ClO3. The lowest BCUT2D eigenvalue weighted by molar-refractivity contribution is -0.140. The average molecular weight is 301 g/mol. The second-order valence-electron chi connectivity index (χ2n) is 4.66. The summed E-state index contributed by atoms with van der Waals surface area (Å²) in [6, 6.07) is 14.9. The maximum Gasteiger partial charge on any atom is 0.337 e. The minimum absolute atomic E-state index is 0.150. The van der Waals surface area contributed by atoms with Gasteiger partial charge in [0.05, 0.1) is 5.57 Å². The highest BCUT2D eigenvalue weighted by molar-refractivity contribution is 6.31. The van der Waals surface area contributed by atoms with E-state index in [0.29, 0.717) is 10.6 Å². The predicted octanol–water partition coefficient (Wildman–Crippen LogP) is 3.86. The minimum Gasteiger partial charge on any atom is -0.488 e. The van der Waals surface area contributed by atoms with Crippen LogP contribution in [0.3, 0.4) is 0 Å². The zero-order valence-electron chi connectivity index (χ0n) is 11.2. The third-order valence-corrected chi connectivity index (χ3v) is 3.58. The number of carbonyl (C=O) groups excluding carboxylic acids is 1. The van der Waals surface area contributed by atoms with Crippen LogP contribution >= 0.6 is 11.6 Å². The van der Waals surface area contributed by atoms with Crippen LogP contribution in [0.5, 0.6) is 5.75 Å². The SMILES string of the molecule is O=C(OCc1ccccc1Cl)C1=Cc2ccccc2OC1. The van der Waals surface area contributed by atoms with Gasteiger partial charge in [0.15, 0.2) is 0 Å². The second-order valence-corrected chi connectivity index (χ2v) is 5.07. The molecule has 1 aliphatic heterocycles. The summed E-state index contributed by atoms with van der Waals surface area (Å²) in [5.41, 5.74) is 2.17. The van der Waals surface area contributed by atoms with Gasteiger partial charge in [-0.1, -0.05) is 48.0 Å². The van der Waals surface area contributed by atoms with E-state index in [-0.39, 0.29) is 19.2 Å². The van der Waals surface area contributed by atoms with E-state index in [2.05, 4.69) is 0 Å². The molecule has 0 aromatic heterocycles. The third-order valence-electron chi connectivity index (χ3n) is 3.21. The number of esters is 1. The normalized spacial score (nSPS) is 12.9. The number of ether oxygens (including phenoxy) is 2. The molecule has 0 N–H and O–H groups in total. The molecule has 106 valence electrons. The maximum absolute atomic E-state index is 12.1. The Kier molecular flexibility index (Phi) is 3.93. The van der Waals surface area contributed by atoms with E-state index in [9.17, 15) is 4.79 Å². The highest BCUT2D eigenvalue weighted by Crippen LogP contribution is 2.26. The van der Waals surface area contributed by atoms with Gasteiger partial charge in [0.25, 0.3) is 0 Å². The molecule has 0 fully saturated rings. The first-order valence-corrected chi connectivity index (χ1v) is 6.95. The van der Waals surface area contributed by atoms with Crippen molar-refractivity contribution in [3.8, 4) is 5.75 Å². The zero-order valence-corrected chi connectivity index (χ0v) is 12.0. The Balaban J connectivity index is 1.70. The number of rotatable bonds is 3. The topological polar surface area (TPSA) is 35.5 Å². The number of hydrogen-bond acceptors (Lipinski definition) is 3. The molecule has 1 aliphatic rings. The molecule has 21 heavy (non-hydrogen) atoms. The molecule has 3 nitrogen and oxygen atoms in total. The van der Waals surface area contributed by atoms with Crippen molar-refractivity contribution >= 4 is 23.6 Å². The monoisotopic (exact) mass is 300 g/mol. The van der Waals surface area contributed by atoms with Gasteiger partial charge < -0.3 is 9.47 Å². The van der Waals surface area contributed by atoms with Gasteiger partial charge in [0.2, 0.25) is 0 Å². The molecule has 0 atom stereocenters. The maximum atomic E-state index is 12.1. The molecule has 0 saturated heterocycles. The van der Waals surface area contributed by atoms with Crippen LogP contribution in [0, 0.1) is 0 Å². The Morgan fingerprint density at radius 1 is 1.14 bits per heavy atom. The summed E-state index contributed by atoms with van der Waals surface area (Å²) < 4.78 is 10.8. The van der Waals surface area contributed by atoms with Gasteiger partial charge in [-0.25, -0.2) is 4.79 Å². The molecule has 0 unspecified atom stereocenters. The van der Waals surface area contributed by atoms with Crippen molar-refractivity contribution in [2.45, 2.75) is 6.61 Å². The van der Waals surface area contributed by atoms with Crippen LogP contribution in [0.15, 0.2) is 54.1 Å². The summed E-state index contributed by atoms with van der Waals surface area (Å²) >= 11 is 6.03. The summed E-state index contributed by atoms with van der Waals surface area (Å²) in [5.74, 6) is 0.393. The first-order valence-electron chi connectivity index (χ1n) is 6.57. The van der Waals surface area contributed by atoms with Crippen LogP contribution in [-0.2, 0) is 16.1 Å². The van der Waals surface area contributed by atoms with Gasteiger partial charge in [0, 0.05) is 16.1 Å². The Morgan fingerprint density at radius 2 is 1.90 bits per heavy atom. The van der Waals surface area contributed by atoms with Crippen molar-refractivity contribution in [3.63, 3.8) is 0 Å². The quantitative estimate of drug-likeness (QED) is 0.808. The van der Waals surface area contributed by atoms with E-state index in [0.717, 1.165) is 16.9 Å². The molecule has 0 radical (unpaired) electrons. The standard InChI is InChI=1S/C17H13ClO3/c18-15-7-3-1-6-13(15)10-21-17(19)14-9-12-5-2-4-8-16(12)20-11-14/h1-9H,10-11H2. The fourth-order valence-corrected chi connectivity index (χ4v) is 2.28. The van der Waals surface area contributed by atoms with Crippen LogP contribution in [0.4, 0.5) is 0 Å². The number of hydrogen-bond donors (Lipinski definition) is 0. The van der Waals surface area contributed by atoms with Crippen LogP contribution in [0.25, 0.3) is 6.08 Å². The Labute approximate surface area is 127 Å². The molecule has 1 heterocycles. The van der Waals surface area contributed by atoms with E-state index in [1.165, 1.54) is 0 Å².